The number of H-pyrrole nitrogens is 1. The normalized spacial score (nSPS) is 21.3. The standard InChI is InChI=1S/C23H20N7O13P/c24-22-28-18-15(19(32)29-22)26-6-30(18)21-16(31)17(43-44(34,35)36)13(41-21)5-37-23(33)27-14-4-25-20(42-14)12-2-8-1-10-11(39-7-38-10)3-9(8)40-12/h1-4,6,13,16-17,21,31H,5,7H2,(H,27,33)(H2,34,35,36)(H3,24,28,29,32)/t13-,16-,17-,21-/m1/s1. The second-order valence-electron chi connectivity index (χ2n) is 9.50. The number of hydrogen-bond acceptors (Lipinski definition) is 15. The highest BCUT2D eigenvalue weighted by molar-refractivity contribution is 7.46. The fourth-order valence-corrected chi connectivity index (χ4v) is 5.35. The number of oxazole rings is 1. The molecule has 6 heterocycles. The third-order valence-corrected chi connectivity index (χ3v) is 7.14. The van der Waals surface area contributed by atoms with Gasteiger partial charge in [0.2, 0.25) is 18.6 Å². The van der Waals surface area contributed by atoms with Crippen LogP contribution in [0.3, 0.4) is 0 Å². The molecule has 44 heavy (non-hydrogen) atoms. The topological polar surface area (TPSA) is 282 Å². The van der Waals surface area contributed by atoms with E-state index in [-0.39, 0.29) is 41.4 Å². The maximum atomic E-state index is 12.5. The number of phosphoric acid groups is 1. The number of nitrogen functional groups attached to an aromatic ring is 1. The Bertz CT molecular complexity index is 1970. The first-order chi connectivity index (χ1) is 21.0. The van der Waals surface area contributed by atoms with Crippen molar-refractivity contribution in [1.29, 1.82) is 0 Å². The molecular weight excluding hydrogens is 613 g/mol. The molecule has 230 valence electrons. The van der Waals surface area contributed by atoms with Crippen LogP contribution in [0.5, 0.6) is 11.5 Å². The van der Waals surface area contributed by atoms with Crippen LogP contribution in [0.4, 0.5) is 16.6 Å². The Labute approximate surface area is 242 Å². The number of aliphatic hydroxyl groups is 1. The van der Waals surface area contributed by atoms with Crippen molar-refractivity contribution in [2.75, 3.05) is 24.5 Å². The summed E-state index contributed by atoms with van der Waals surface area (Å²) < 4.78 is 50.4. The largest absolute Gasteiger partial charge is 0.470 e. The summed E-state index contributed by atoms with van der Waals surface area (Å²) in [5.74, 6) is 1.03. The molecule has 7 rings (SSSR count). The highest BCUT2D eigenvalue weighted by Gasteiger charge is 2.49. The lowest BCUT2D eigenvalue weighted by Crippen LogP contribution is -2.36. The van der Waals surface area contributed by atoms with Crippen molar-refractivity contribution in [3.8, 4) is 23.1 Å². The molecule has 4 atom stereocenters. The molecule has 1 aromatic carbocycles. The number of aromatic amines is 1. The van der Waals surface area contributed by atoms with Gasteiger partial charge in [0.15, 0.2) is 34.7 Å². The van der Waals surface area contributed by atoms with Gasteiger partial charge in [-0.15, -0.1) is 0 Å². The number of furan rings is 1. The number of anilines is 2. The number of carbonyl (C=O) groups is 1. The molecule has 4 aromatic heterocycles. The first kappa shape index (κ1) is 27.8. The van der Waals surface area contributed by atoms with E-state index in [2.05, 4.69) is 25.3 Å². The number of nitrogens with two attached hydrogens (primary N) is 1. The first-order valence-electron chi connectivity index (χ1n) is 12.6. The van der Waals surface area contributed by atoms with Gasteiger partial charge in [-0.3, -0.25) is 24.2 Å². The lowest BCUT2D eigenvalue weighted by atomic mass is 10.1. The SMILES string of the molecule is Nc1nc2c(ncn2[C@@H]2O[C@H](COC(=O)Nc3cnc(-c4cc5cc6c(cc5o4)OCO6)o3)[C@@H](OP(=O)(O)O)[C@H]2O)c(=O)[nH]1. The minimum atomic E-state index is -5.16. The molecule has 7 N–H and O–H groups in total. The van der Waals surface area contributed by atoms with E-state index < -0.39 is 50.6 Å². The van der Waals surface area contributed by atoms with E-state index in [0.717, 1.165) is 10.9 Å². The Morgan fingerprint density at radius 1 is 1.20 bits per heavy atom. The summed E-state index contributed by atoms with van der Waals surface area (Å²) in [6.07, 6.45) is -4.99. The Kier molecular flexibility index (Phi) is 6.53. The molecule has 0 spiro atoms. The summed E-state index contributed by atoms with van der Waals surface area (Å²) in [5, 5.41) is 13.9. The van der Waals surface area contributed by atoms with Crippen LogP contribution in [0.25, 0.3) is 33.8 Å². The zero-order valence-corrected chi connectivity index (χ0v) is 22.7. The van der Waals surface area contributed by atoms with Crippen molar-refractivity contribution in [3.05, 3.63) is 41.1 Å². The number of nitrogens with one attached hydrogen (secondary N) is 2. The zero-order valence-electron chi connectivity index (χ0n) is 21.8. The number of benzene rings is 1. The molecule has 2 aliphatic heterocycles. The van der Waals surface area contributed by atoms with Crippen LogP contribution in [0.15, 0.2) is 44.4 Å². The van der Waals surface area contributed by atoms with Crippen LogP contribution >= 0.6 is 7.82 Å². The van der Waals surface area contributed by atoms with Gasteiger partial charge in [-0.05, 0) is 12.1 Å². The maximum absolute atomic E-state index is 12.5. The van der Waals surface area contributed by atoms with E-state index in [1.807, 2.05) is 0 Å². The van der Waals surface area contributed by atoms with Gasteiger partial charge < -0.3 is 48.4 Å². The number of carbonyl (C=O) groups excluding carboxylic acids is 1. The van der Waals surface area contributed by atoms with E-state index in [1.165, 1.54) is 6.20 Å². The number of imidazole rings is 1. The van der Waals surface area contributed by atoms with Gasteiger partial charge in [-0.25, -0.2) is 19.3 Å². The van der Waals surface area contributed by atoms with Crippen LogP contribution in [0.1, 0.15) is 6.23 Å². The molecule has 0 radical (unpaired) electrons. The highest BCUT2D eigenvalue weighted by atomic mass is 31.2. The average Bonchev–Trinajstić information content (AvgIpc) is 3.77. The smallest absolute Gasteiger partial charge is 0.454 e. The highest BCUT2D eigenvalue weighted by Crippen LogP contribution is 2.44. The Morgan fingerprint density at radius 2 is 2.00 bits per heavy atom. The second-order valence-corrected chi connectivity index (χ2v) is 10.7. The third-order valence-electron chi connectivity index (χ3n) is 6.63. The molecule has 20 nitrogen and oxygen atoms in total. The number of aliphatic hydroxyl groups excluding tert-OH is 1. The van der Waals surface area contributed by atoms with Crippen LogP contribution in [0, 0.1) is 0 Å². The lowest BCUT2D eigenvalue weighted by molar-refractivity contribution is -0.0520. The summed E-state index contributed by atoms with van der Waals surface area (Å²) in [4.78, 5) is 57.7. The summed E-state index contributed by atoms with van der Waals surface area (Å²) in [7, 11) is -5.16. The molecule has 2 aliphatic rings. The van der Waals surface area contributed by atoms with Gasteiger partial charge in [0.25, 0.3) is 11.4 Å². The summed E-state index contributed by atoms with van der Waals surface area (Å²) in [5.41, 5.74) is 5.22. The molecule has 1 saturated heterocycles. The number of rotatable bonds is 7. The molecule has 0 saturated carbocycles. The number of aromatic nitrogens is 5. The van der Waals surface area contributed by atoms with Crippen molar-refractivity contribution in [3.63, 3.8) is 0 Å². The molecule has 21 heteroatoms. The Hall–Kier alpha value is -4.98. The van der Waals surface area contributed by atoms with Gasteiger partial charge in [0, 0.05) is 11.5 Å². The number of hydrogen-bond donors (Lipinski definition) is 6. The van der Waals surface area contributed by atoms with Gasteiger partial charge in [-0.1, -0.05) is 0 Å². The van der Waals surface area contributed by atoms with Crippen molar-refractivity contribution < 1.29 is 56.6 Å². The average molecular weight is 633 g/mol. The summed E-state index contributed by atoms with van der Waals surface area (Å²) in [6, 6.07) is 5.06. The number of amides is 1. The molecular formula is C23H20N7O13P. The van der Waals surface area contributed by atoms with Gasteiger partial charge >= 0.3 is 13.9 Å². The van der Waals surface area contributed by atoms with Gasteiger partial charge in [-0.2, -0.15) is 4.98 Å². The number of phosphoric ester groups is 1. The van der Waals surface area contributed by atoms with E-state index in [1.54, 1.807) is 18.2 Å². The number of fused-ring (bicyclic) bond motifs is 3. The fraction of sp³-hybridized carbons (Fsp3) is 0.261. The van der Waals surface area contributed by atoms with Gasteiger partial charge in [0.05, 0.1) is 12.5 Å². The van der Waals surface area contributed by atoms with Gasteiger partial charge in [0.1, 0.15) is 30.5 Å². The van der Waals surface area contributed by atoms with Crippen LogP contribution < -0.4 is 26.1 Å². The van der Waals surface area contributed by atoms with E-state index in [9.17, 15) is 29.0 Å². The van der Waals surface area contributed by atoms with Crippen LogP contribution in [0.2, 0.25) is 0 Å². The predicted octanol–water partition coefficient (Wildman–Crippen LogP) is 0.817. The molecule has 0 unspecified atom stereocenters. The summed E-state index contributed by atoms with van der Waals surface area (Å²) in [6.45, 7) is -0.533. The molecule has 0 aliphatic carbocycles. The van der Waals surface area contributed by atoms with E-state index in [4.69, 9.17) is 38.0 Å². The minimum Gasteiger partial charge on any atom is -0.454 e. The van der Waals surface area contributed by atoms with Crippen molar-refractivity contribution in [2.45, 2.75) is 24.5 Å². The van der Waals surface area contributed by atoms with Crippen LogP contribution in [-0.4, -0.2) is 77.2 Å². The number of ether oxygens (including phenoxy) is 4. The molecule has 1 amide bonds. The third kappa shape index (κ3) is 5.10. The molecule has 1 fully saturated rings. The second kappa shape index (κ2) is 10.3. The molecule has 5 aromatic rings. The fourth-order valence-electron chi connectivity index (χ4n) is 4.78. The zero-order chi connectivity index (χ0) is 30.7. The lowest BCUT2D eigenvalue weighted by Gasteiger charge is -2.20. The van der Waals surface area contributed by atoms with E-state index >= 15 is 0 Å². The van der Waals surface area contributed by atoms with E-state index in [0.29, 0.717) is 22.5 Å². The first-order valence-corrected chi connectivity index (χ1v) is 14.1. The predicted molar refractivity (Wildman–Crippen MR) is 142 cm³/mol. The van der Waals surface area contributed by atoms with Crippen molar-refractivity contribution in [1.82, 2.24) is 24.5 Å². The van der Waals surface area contributed by atoms with Crippen molar-refractivity contribution >= 4 is 47.9 Å². The molecule has 0 bridgehead atoms. The monoisotopic (exact) mass is 633 g/mol. The maximum Gasteiger partial charge on any atom is 0.470 e. The quantitative estimate of drug-likeness (QED) is 0.135. The van der Waals surface area contributed by atoms with Crippen molar-refractivity contribution in [2.24, 2.45) is 0 Å². The Morgan fingerprint density at radius 3 is 2.80 bits per heavy atom. The summed E-state index contributed by atoms with van der Waals surface area (Å²) >= 11 is 0. The minimum absolute atomic E-state index is 0.0411. The number of nitrogens with zero attached hydrogens (tertiary/aromatic N) is 4. The Balaban J connectivity index is 1.04. The van der Waals surface area contributed by atoms with Crippen LogP contribution in [-0.2, 0) is 18.6 Å².